The smallest absolute Gasteiger partial charge is 0.410 e. The van der Waals surface area contributed by atoms with E-state index < -0.39 is 0 Å². The highest BCUT2D eigenvalue weighted by Gasteiger charge is 2.45. The van der Waals surface area contributed by atoms with Gasteiger partial charge in [-0.1, -0.05) is 30.3 Å². The van der Waals surface area contributed by atoms with Crippen molar-refractivity contribution in [2.45, 2.75) is 32.3 Å². The summed E-state index contributed by atoms with van der Waals surface area (Å²) in [6.07, 6.45) is 4.10. The minimum atomic E-state index is -0.205. The van der Waals surface area contributed by atoms with Crippen molar-refractivity contribution in [3.05, 3.63) is 35.9 Å². The average molecular weight is 289 g/mol. The average Bonchev–Trinajstić information content (AvgIpc) is 3.13. The SMILES string of the molecule is O=C(OCc1ccccc1)N1CCC2(CCC(CO)C2)C1. The fraction of sp³-hybridized carbons (Fsp3) is 0.588. The topological polar surface area (TPSA) is 49.8 Å². The number of rotatable bonds is 3. The quantitative estimate of drug-likeness (QED) is 0.931. The predicted octanol–water partition coefficient (Wildman–Crippen LogP) is 2.81. The first-order valence-electron chi connectivity index (χ1n) is 7.77. The zero-order valence-corrected chi connectivity index (χ0v) is 12.3. The number of hydrogen-bond donors (Lipinski definition) is 1. The number of amides is 1. The molecule has 114 valence electrons. The number of ether oxygens (including phenoxy) is 1. The van der Waals surface area contributed by atoms with E-state index in [1.807, 2.05) is 35.2 Å². The monoisotopic (exact) mass is 289 g/mol. The molecule has 1 heterocycles. The molecule has 1 aliphatic heterocycles. The van der Waals surface area contributed by atoms with Crippen molar-refractivity contribution in [3.63, 3.8) is 0 Å². The largest absolute Gasteiger partial charge is 0.445 e. The Kier molecular flexibility index (Phi) is 4.15. The van der Waals surface area contributed by atoms with Crippen LogP contribution in [0.4, 0.5) is 4.79 Å². The third-order valence-corrected chi connectivity index (χ3v) is 4.96. The van der Waals surface area contributed by atoms with Crippen LogP contribution in [0.2, 0.25) is 0 Å². The normalized spacial score (nSPS) is 28.2. The summed E-state index contributed by atoms with van der Waals surface area (Å²) in [4.78, 5) is 14.0. The van der Waals surface area contributed by atoms with Crippen LogP contribution in [0, 0.1) is 11.3 Å². The highest BCUT2D eigenvalue weighted by molar-refractivity contribution is 5.68. The highest BCUT2D eigenvalue weighted by Crippen LogP contribution is 2.47. The molecule has 1 spiro atoms. The van der Waals surface area contributed by atoms with E-state index in [-0.39, 0.29) is 18.1 Å². The maximum atomic E-state index is 12.2. The molecule has 2 aliphatic rings. The fourth-order valence-electron chi connectivity index (χ4n) is 3.75. The van der Waals surface area contributed by atoms with Gasteiger partial charge in [-0.05, 0) is 42.6 Å². The summed E-state index contributed by atoms with van der Waals surface area (Å²) in [5.41, 5.74) is 1.25. The van der Waals surface area contributed by atoms with Gasteiger partial charge in [0.25, 0.3) is 0 Å². The first kappa shape index (κ1) is 14.4. The lowest BCUT2D eigenvalue weighted by molar-refractivity contribution is 0.0992. The van der Waals surface area contributed by atoms with Gasteiger partial charge in [0.15, 0.2) is 0 Å². The summed E-state index contributed by atoms with van der Waals surface area (Å²) in [7, 11) is 0. The molecule has 2 atom stereocenters. The Morgan fingerprint density at radius 2 is 2.14 bits per heavy atom. The number of benzene rings is 1. The van der Waals surface area contributed by atoms with Crippen molar-refractivity contribution in [1.29, 1.82) is 0 Å². The molecular weight excluding hydrogens is 266 g/mol. The molecule has 2 fully saturated rings. The van der Waals surface area contributed by atoms with Gasteiger partial charge in [0.1, 0.15) is 6.61 Å². The van der Waals surface area contributed by atoms with Crippen molar-refractivity contribution in [2.24, 2.45) is 11.3 Å². The number of nitrogens with zero attached hydrogens (tertiary/aromatic N) is 1. The van der Waals surface area contributed by atoms with Crippen LogP contribution >= 0.6 is 0 Å². The van der Waals surface area contributed by atoms with Crippen LogP contribution < -0.4 is 0 Å². The van der Waals surface area contributed by atoms with Gasteiger partial charge in [-0.25, -0.2) is 4.79 Å². The highest BCUT2D eigenvalue weighted by atomic mass is 16.6. The zero-order chi connectivity index (χ0) is 14.7. The Bertz CT molecular complexity index is 490. The number of aliphatic hydroxyl groups excluding tert-OH is 1. The number of carbonyl (C=O) groups is 1. The molecule has 1 N–H and O–H groups in total. The van der Waals surface area contributed by atoms with Gasteiger partial charge in [0.2, 0.25) is 0 Å². The number of hydrogen-bond acceptors (Lipinski definition) is 3. The van der Waals surface area contributed by atoms with E-state index in [2.05, 4.69) is 0 Å². The molecule has 1 saturated carbocycles. The second-order valence-electron chi connectivity index (χ2n) is 6.50. The lowest BCUT2D eigenvalue weighted by Crippen LogP contribution is -2.31. The van der Waals surface area contributed by atoms with Gasteiger partial charge in [-0.2, -0.15) is 0 Å². The molecule has 0 radical (unpaired) electrons. The standard InChI is InChI=1S/C17H23NO3/c19-11-15-6-7-17(10-15)8-9-18(13-17)16(20)21-12-14-4-2-1-3-5-14/h1-5,15,19H,6-13H2. The summed E-state index contributed by atoms with van der Waals surface area (Å²) in [5.74, 6) is 0.422. The third-order valence-electron chi connectivity index (χ3n) is 4.96. The summed E-state index contributed by atoms with van der Waals surface area (Å²) in [6, 6.07) is 9.76. The molecule has 3 rings (SSSR count). The molecular formula is C17H23NO3. The van der Waals surface area contributed by atoms with Crippen molar-refractivity contribution in [3.8, 4) is 0 Å². The summed E-state index contributed by atoms with van der Waals surface area (Å²) < 4.78 is 5.41. The number of likely N-dealkylation sites (tertiary alicyclic amines) is 1. The molecule has 2 unspecified atom stereocenters. The van der Waals surface area contributed by atoms with E-state index in [4.69, 9.17) is 4.74 Å². The Morgan fingerprint density at radius 3 is 2.86 bits per heavy atom. The van der Waals surface area contributed by atoms with Crippen LogP contribution in [0.5, 0.6) is 0 Å². The Hall–Kier alpha value is -1.55. The van der Waals surface area contributed by atoms with Gasteiger partial charge in [0, 0.05) is 19.7 Å². The number of carbonyl (C=O) groups excluding carboxylic acids is 1. The molecule has 4 nitrogen and oxygen atoms in total. The van der Waals surface area contributed by atoms with Crippen molar-refractivity contribution < 1.29 is 14.6 Å². The Labute approximate surface area is 125 Å². The molecule has 1 amide bonds. The van der Waals surface area contributed by atoms with Crippen molar-refractivity contribution in [2.75, 3.05) is 19.7 Å². The van der Waals surface area contributed by atoms with E-state index >= 15 is 0 Å². The molecule has 1 aromatic rings. The lowest BCUT2D eigenvalue weighted by Gasteiger charge is -2.23. The maximum Gasteiger partial charge on any atom is 0.410 e. The molecule has 0 bridgehead atoms. The van der Waals surface area contributed by atoms with E-state index in [0.29, 0.717) is 12.5 Å². The molecule has 4 heteroatoms. The second-order valence-corrected chi connectivity index (χ2v) is 6.50. The van der Waals surface area contributed by atoms with E-state index in [9.17, 15) is 9.90 Å². The summed E-state index contributed by atoms with van der Waals surface area (Å²) in [6.45, 7) is 2.19. The minimum absolute atomic E-state index is 0.205. The molecule has 1 saturated heterocycles. The second kappa shape index (κ2) is 6.06. The Morgan fingerprint density at radius 1 is 1.33 bits per heavy atom. The van der Waals surface area contributed by atoms with Crippen LogP contribution in [0.1, 0.15) is 31.2 Å². The van der Waals surface area contributed by atoms with Crippen molar-refractivity contribution >= 4 is 6.09 Å². The summed E-state index contributed by atoms with van der Waals surface area (Å²) in [5, 5.41) is 9.29. The third kappa shape index (κ3) is 3.21. The van der Waals surface area contributed by atoms with Gasteiger partial charge in [-0.3, -0.25) is 0 Å². The lowest BCUT2D eigenvalue weighted by atomic mass is 9.84. The predicted molar refractivity (Wildman–Crippen MR) is 79.7 cm³/mol. The van der Waals surface area contributed by atoms with Crippen LogP contribution in [-0.2, 0) is 11.3 Å². The molecule has 1 aliphatic carbocycles. The molecule has 21 heavy (non-hydrogen) atoms. The van der Waals surface area contributed by atoms with Crippen LogP contribution in [0.15, 0.2) is 30.3 Å². The van der Waals surface area contributed by atoms with Gasteiger partial charge < -0.3 is 14.7 Å². The molecule has 0 aromatic heterocycles. The van der Waals surface area contributed by atoms with Gasteiger partial charge in [0.05, 0.1) is 0 Å². The number of aliphatic hydroxyl groups is 1. The Balaban J connectivity index is 1.51. The van der Waals surface area contributed by atoms with Crippen molar-refractivity contribution in [1.82, 2.24) is 4.90 Å². The minimum Gasteiger partial charge on any atom is -0.445 e. The first-order chi connectivity index (χ1) is 10.2. The maximum absolute atomic E-state index is 12.2. The van der Waals surface area contributed by atoms with Crippen LogP contribution in [-0.4, -0.2) is 35.8 Å². The van der Waals surface area contributed by atoms with Gasteiger partial charge >= 0.3 is 6.09 Å². The summed E-state index contributed by atoms with van der Waals surface area (Å²) >= 11 is 0. The van der Waals surface area contributed by atoms with Gasteiger partial charge in [-0.15, -0.1) is 0 Å². The van der Waals surface area contributed by atoms with Crippen LogP contribution in [0.3, 0.4) is 0 Å². The van der Waals surface area contributed by atoms with E-state index in [1.54, 1.807) is 0 Å². The fourth-order valence-corrected chi connectivity index (χ4v) is 3.75. The van der Waals surface area contributed by atoms with Crippen LogP contribution in [0.25, 0.3) is 0 Å². The first-order valence-corrected chi connectivity index (χ1v) is 7.77. The van der Waals surface area contributed by atoms with E-state index in [0.717, 1.165) is 44.3 Å². The zero-order valence-electron chi connectivity index (χ0n) is 12.3. The van der Waals surface area contributed by atoms with E-state index in [1.165, 1.54) is 0 Å². The molecule has 1 aromatic carbocycles.